The molecule has 1 saturated heterocycles. The summed E-state index contributed by atoms with van der Waals surface area (Å²) in [5.41, 5.74) is 7.91. The third kappa shape index (κ3) is 3.58. The minimum Gasteiger partial charge on any atom is -0.399 e. The quantitative estimate of drug-likeness (QED) is 0.824. The summed E-state index contributed by atoms with van der Waals surface area (Å²) >= 11 is 0. The van der Waals surface area contributed by atoms with E-state index in [1.54, 1.807) is 18.2 Å². The van der Waals surface area contributed by atoms with Gasteiger partial charge in [0.15, 0.2) is 0 Å². The Labute approximate surface area is 121 Å². The van der Waals surface area contributed by atoms with Gasteiger partial charge in [-0.3, -0.25) is 9.00 Å². The maximum Gasteiger partial charge on any atom is 0.237 e. The van der Waals surface area contributed by atoms with Crippen molar-refractivity contribution < 1.29 is 13.7 Å². The van der Waals surface area contributed by atoms with Crippen LogP contribution in [-0.4, -0.2) is 33.8 Å². The molecule has 1 aromatic rings. The van der Waals surface area contributed by atoms with Crippen molar-refractivity contribution in [3.63, 3.8) is 0 Å². The maximum atomic E-state index is 12.1. The first-order valence-electron chi connectivity index (χ1n) is 6.62. The van der Waals surface area contributed by atoms with E-state index in [1.165, 1.54) is 0 Å². The Morgan fingerprint density at radius 2 is 2.30 bits per heavy atom. The Morgan fingerprint density at radius 1 is 1.55 bits per heavy atom. The van der Waals surface area contributed by atoms with Crippen molar-refractivity contribution in [3.05, 3.63) is 23.8 Å². The van der Waals surface area contributed by atoms with E-state index in [9.17, 15) is 9.00 Å². The fourth-order valence-corrected chi connectivity index (χ4v) is 3.72. The summed E-state index contributed by atoms with van der Waals surface area (Å²) in [6.45, 7) is 4.39. The van der Waals surface area contributed by atoms with Crippen LogP contribution in [-0.2, 0) is 20.3 Å². The first-order valence-corrected chi connectivity index (χ1v) is 8.00. The molecule has 2 rings (SSSR count). The van der Waals surface area contributed by atoms with Crippen molar-refractivity contribution >= 4 is 28.1 Å². The van der Waals surface area contributed by atoms with Crippen LogP contribution in [0.25, 0.3) is 0 Å². The summed E-state index contributed by atoms with van der Waals surface area (Å²) in [7, 11) is -1.20. The van der Waals surface area contributed by atoms with E-state index in [0.29, 0.717) is 18.0 Å². The number of anilines is 2. The Balaban J connectivity index is 1.93. The first kappa shape index (κ1) is 15.0. The van der Waals surface area contributed by atoms with Crippen molar-refractivity contribution in [3.8, 4) is 0 Å². The van der Waals surface area contributed by atoms with Crippen LogP contribution < -0.4 is 11.1 Å². The molecule has 3 unspecified atom stereocenters. The number of nitrogens with one attached hydrogen (secondary N) is 1. The van der Waals surface area contributed by atoms with Gasteiger partial charge in [-0.05, 0) is 44.0 Å². The summed E-state index contributed by atoms with van der Waals surface area (Å²) in [5.74, 6) is -0.238. The van der Waals surface area contributed by atoms with Gasteiger partial charge < -0.3 is 15.8 Å². The third-order valence-electron chi connectivity index (χ3n) is 3.44. The highest BCUT2D eigenvalue weighted by Gasteiger charge is 2.30. The van der Waals surface area contributed by atoms with E-state index >= 15 is 0 Å². The molecule has 6 heteroatoms. The highest BCUT2D eigenvalue weighted by atomic mass is 32.2. The number of carbonyl (C=O) groups excluding carboxylic acids is 1. The summed E-state index contributed by atoms with van der Waals surface area (Å²) in [6.07, 6.45) is 0.712. The third-order valence-corrected chi connectivity index (χ3v) is 5.28. The molecular formula is C14H20N2O3S. The van der Waals surface area contributed by atoms with Gasteiger partial charge in [-0.15, -0.1) is 0 Å². The fraction of sp³-hybridized carbons (Fsp3) is 0.500. The molecule has 1 heterocycles. The molecule has 0 saturated carbocycles. The average molecular weight is 296 g/mol. The van der Waals surface area contributed by atoms with Gasteiger partial charge in [0, 0.05) is 28.8 Å². The first-order chi connectivity index (χ1) is 9.47. The lowest BCUT2D eigenvalue weighted by atomic mass is 10.2. The minimum atomic E-state index is -1.20. The van der Waals surface area contributed by atoms with E-state index in [1.807, 2.05) is 13.8 Å². The van der Waals surface area contributed by atoms with E-state index in [0.717, 1.165) is 12.0 Å². The lowest BCUT2D eigenvalue weighted by Crippen LogP contribution is -2.30. The predicted molar refractivity (Wildman–Crippen MR) is 81.0 cm³/mol. The molecule has 0 aromatic heterocycles. The number of hydrogen-bond donors (Lipinski definition) is 2. The number of hydrogen-bond acceptors (Lipinski definition) is 4. The van der Waals surface area contributed by atoms with Gasteiger partial charge in [-0.1, -0.05) is 0 Å². The molecular weight excluding hydrogens is 276 g/mol. The number of rotatable bonds is 4. The Kier molecular flexibility index (Phi) is 4.77. The fourth-order valence-electron chi connectivity index (χ4n) is 2.31. The highest BCUT2D eigenvalue weighted by Crippen LogP contribution is 2.20. The number of aryl methyl sites for hydroxylation is 1. The molecule has 5 nitrogen and oxygen atoms in total. The molecule has 3 atom stereocenters. The molecule has 1 aliphatic heterocycles. The summed E-state index contributed by atoms with van der Waals surface area (Å²) in [6, 6.07) is 5.28. The summed E-state index contributed by atoms with van der Waals surface area (Å²) in [5, 5.41) is 2.73. The number of nitrogen functional groups attached to an aromatic ring is 1. The molecule has 1 aliphatic rings. The van der Waals surface area contributed by atoms with E-state index in [-0.39, 0.29) is 23.0 Å². The molecule has 0 spiro atoms. The lowest BCUT2D eigenvalue weighted by Gasteiger charge is -2.14. The number of amides is 1. The number of benzene rings is 1. The van der Waals surface area contributed by atoms with Gasteiger partial charge in [-0.25, -0.2) is 0 Å². The molecule has 0 bridgehead atoms. The van der Waals surface area contributed by atoms with Crippen LogP contribution in [0.15, 0.2) is 18.2 Å². The van der Waals surface area contributed by atoms with Gasteiger partial charge in [0.25, 0.3) is 0 Å². The monoisotopic (exact) mass is 296 g/mol. The summed E-state index contributed by atoms with van der Waals surface area (Å²) in [4.78, 5) is 11.9. The molecule has 110 valence electrons. The molecule has 20 heavy (non-hydrogen) atoms. The van der Waals surface area contributed by atoms with E-state index in [4.69, 9.17) is 10.5 Å². The number of ether oxygens (including phenoxy) is 1. The highest BCUT2D eigenvalue weighted by molar-refractivity contribution is 7.86. The van der Waals surface area contributed by atoms with E-state index in [2.05, 4.69) is 5.32 Å². The van der Waals surface area contributed by atoms with Crippen molar-refractivity contribution in [2.75, 3.05) is 23.4 Å². The molecule has 0 aliphatic carbocycles. The van der Waals surface area contributed by atoms with Crippen LogP contribution in [0, 0.1) is 6.92 Å². The largest absolute Gasteiger partial charge is 0.399 e. The van der Waals surface area contributed by atoms with Gasteiger partial charge >= 0.3 is 0 Å². The molecule has 0 radical (unpaired) electrons. The van der Waals surface area contributed by atoms with Gasteiger partial charge in [-0.2, -0.15) is 0 Å². The smallest absolute Gasteiger partial charge is 0.237 e. The SMILES string of the molecule is Cc1cc(N)ccc1NC(=O)CS(=O)C1CCOC1C. The topological polar surface area (TPSA) is 81.4 Å². The second kappa shape index (κ2) is 6.37. The minimum absolute atomic E-state index is 0.00217. The summed E-state index contributed by atoms with van der Waals surface area (Å²) < 4.78 is 17.5. The zero-order chi connectivity index (χ0) is 14.7. The Hall–Kier alpha value is -1.40. The van der Waals surface area contributed by atoms with Crippen molar-refractivity contribution in [2.45, 2.75) is 31.6 Å². The van der Waals surface area contributed by atoms with Crippen molar-refractivity contribution in [2.24, 2.45) is 0 Å². The number of nitrogens with two attached hydrogens (primary N) is 1. The van der Waals surface area contributed by atoms with Crippen LogP contribution in [0.2, 0.25) is 0 Å². The maximum absolute atomic E-state index is 12.1. The van der Waals surface area contributed by atoms with Crippen LogP contribution in [0.3, 0.4) is 0 Å². The van der Waals surface area contributed by atoms with Gasteiger partial charge in [0.2, 0.25) is 5.91 Å². The van der Waals surface area contributed by atoms with Gasteiger partial charge in [0.1, 0.15) is 5.75 Å². The standard InChI is InChI=1S/C14H20N2O3S/c1-9-7-11(15)3-4-12(9)16-14(17)8-20(18)13-5-6-19-10(13)2/h3-4,7,10,13H,5-6,8,15H2,1-2H3,(H,16,17). The van der Waals surface area contributed by atoms with Crippen LogP contribution in [0.5, 0.6) is 0 Å². The van der Waals surface area contributed by atoms with Crippen LogP contribution in [0.1, 0.15) is 18.9 Å². The second-order valence-corrected chi connectivity index (χ2v) is 6.71. The van der Waals surface area contributed by atoms with Crippen molar-refractivity contribution in [1.29, 1.82) is 0 Å². The molecule has 3 N–H and O–H groups in total. The predicted octanol–water partition coefficient (Wildman–Crippen LogP) is 1.44. The average Bonchev–Trinajstić information content (AvgIpc) is 2.79. The van der Waals surface area contributed by atoms with Crippen LogP contribution >= 0.6 is 0 Å². The lowest BCUT2D eigenvalue weighted by molar-refractivity contribution is -0.113. The second-order valence-electron chi connectivity index (χ2n) is 5.05. The van der Waals surface area contributed by atoms with E-state index < -0.39 is 10.8 Å². The Morgan fingerprint density at radius 3 is 2.90 bits per heavy atom. The Bertz CT molecular complexity index is 533. The molecule has 1 amide bonds. The zero-order valence-electron chi connectivity index (χ0n) is 11.7. The number of carbonyl (C=O) groups is 1. The normalized spacial score (nSPS) is 23.5. The van der Waals surface area contributed by atoms with Crippen molar-refractivity contribution in [1.82, 2.24) is 0 Å². The molecule has 1 fully saturated rings. The van der Waals surface area contributed by atoms with Gasteiger partial charge in [0.05, 0.1) is 11.4 Å². The molecule has 1 aromatic carbocycles. The van der Waals surface area contributed by atoms with Crippen LogP contribution in [0.4, 0.5) is 11.4 Å². The zero-order valence-corrected chi connectivity index (χ0v) is 12.5.